The van der Waals surface area contributed by atoms with Crippen LogP contribution in [0.25, 0.3) is 10.9 Å². The Morgan fingerprint density at radius 1 is 1.06 bits per heavy atom. The minimum atomic E-state index is -0.899. The Labute approximate surface area is 186 Å². The van der Waals surface area contributed by atoms with Gasteiger partial charge in [0.1, 0.15) is 17.1 Å². The van der Waals surface area contributed by atoms with E-state index in [-0.39, 0.29) is 35.1 Å². The lowest BCUT2D eigenvalue weighted by Crippen LogP contribution is -2.15. The topological polar surface area (TPSA) is 120 Å². The monoisotopic (exact) mass is 450 g/mol. The van der Waals surface area contributed by atoms with Gasteiger partial charge >= 0.3 is 0 Å². The van der Waals surface area contributed by atoms with E-state index in [1.54, 1.807) is 42.6 Å². The van der Waals surface area contributed by atoms with Crippen LogP contribution in [0.4, 0.5) is 11.5 Å². The molecule has 0 radical (unpaired) electrons. The molecular weight excluding hydrogens is 436 g/mol. The smallest absolute Gasteiger partial charge is 0.279 e. The SMILES string of the molecule is O=[N+]([O-])c1cc2c(cc1[C@H](Nc1ccccn1)c1cc(Cl)c3cccnc3c1O)OCO2. The van der Waals surface area contributed by atoms with E-state index >= 15 is 0 Å². The van der Waals surface area contributed by atoms with Crippen molar-refractivity contribution in [3.8, 4) is 17.2 Å². The number of anilines is 1. The van der Waals surface area contributed by atoms with Gasteiger partial charge in [-0.1, -0.05) is 17.7 Å². The maximum absolute atomic E-state index is 11.9. The lowest BCUT2D eigenvalue weighted by molar-refractivity contribution is -0.385. The largest absolute Gasteiger partial charge is 0.505 e. The van der Waals surface area contributed by atoms with Crippen molar-refractivity contribution in [2.24, 2.45) is 0 Å². The molecule has 0 spiro atoms. The average Bonchev–Trinajstić information content (AvgIpc) is 3.27. The second-order valence-corrected chi connectivity index (χ2v) is 7.42. The van der Waals surface area contributed by atoms with Crippen molar-refractivity contribution in [1.82, 2.24) is 9.97 Å². The molecule has 0 saturated heterocycles. The van der Waals surface area contributed by atoms with Gasteiger partial charge in [0.05, 0.1) is 27.6 Å². The summed E-state index contributed by atoms with van der Waals surface area (Å²) in [6, 6.07) is 12.2. The minimum absolute atomic E-state index is 0.0365. The number of hydrogen-bond donors (Lipinski definition) is 2. The zero-order chi connectivity index (χ0) is 22.2. The zero-order valence-corrected chi connectivity index (χ0v) is 17.1. The molecule has 3 heterocycles. The number of nitro groups is 1. The first-order valence-electron chi connectivity index (χ1n) is 9.54. The number of ether oxygens (including phenoxy) is 2. The number of rotatable bonds is 5. The van der Waals surface area contributed by atoms with E-state index in [0.717, 1.165) is 0 Å². The number of nitrogens with zero attached hydrogens (tertiary/aromatic N) is 3. The van der Waals surface area contributed by atoms with Gasteiger partial charge in [0, 0.05) is 23.3 Å². The number of nitro benzene ring substituents is 1. The highest BCUT2D eigenvalue weighted by Crippen LogP contribution is 2.45. The first-order chi connectivity index (χ1) is 15.5. The van der Waals surface area contributed by atoms with Gasteiger partial charge in [-0.15, -0.1) is 0 Å². The van der Waals surface area contributed by atoms with E-state index < -0.39 is 11.0 Å². The van der Waals surface area contributed by atoms with E-state index in [9.17, 15) is 15.2 Å². The van der Waals surface area contributed by atoms with Crippen LogP contribution in [0.2, 0.25) is 5.02 Å². The third kappa shape index (κ3) is 3.38. The van der Waals surface area contributed by atoms with E-state index in [1.165, 1.54) is 18.3 Å². The molecule has 9 nitrogen and oxygen atoms in total. The van der Waals surface area contributed by atoms with Gasteiger partial charge in [-0.05, 0) is 36.4 Å². The summed E-state index contributed by atoms with van der Waals surface area (Å²) < 4.78 is 10.8. The first-order valence-corrected chi connectivity index (χ1v) is 9.92. The number of halogens is 1. The maximum atomic E-state index is 11.9. The number of fused-ring (bicyclic) bond motifs is 2. The molecule has 32 heavy (non-hydrogen) atoms. The van der Waals surface area contributed by atoms with Crippen LogP contribution in [0, 0.1) is 10.1 Å². The molecule has 0 unspecified atom stereocenters. The standard InChI is InChI=1S/C22H15ClN4O5/c23-15-8-14(22(28)21-12(15)4-3-7-25-21)20(26-19-5-1-2-6-24-19)13-9-17-18(32-11-31-17)10-16(13)27(29)30/h1-10,20,28H,11H2,(H,24,26)/t20-/m0/s1. The van der Waals surface area contributed by atoms with Crippen LogP contribution in [0.3, 0.4) is 0 Å². The fourth-order valence-electron chi connectivity index (χ4n) is 3.68. The Bertz CT molecular complexity index is 1350. The molecule has 0 fully saturated rings. The van der Waals surface area contributed by atoms with Gasteiger partial charge in [0.25, 0.3) is 5.69 Å². The summed E-state index contributed by atoms with van der Waals surface area (Å²) in [7, 11) is 0. The van der Waals surface area contributed by atoms with E-state index in [0.29, 0.717) is 27.5 Å². The van der Waals surface area contributed by atoms with E-state index in [1.807, 2.05) is 0 Å². The van der Waals surface area contributed by atoms with Crippen LogP contribution < -0.4 is 14.8 Å². The molecule has 1 aliphatic rings. The highest BCUT2D eigenvalue weighted by atomic mass is 35.5. The van der Waals surface area contributed by atoms with Gasteiger partial charge in [-0.3, -0.25) is 15.1 Å². The molecule has 2 aromatic carbocycles. The van der Waals surface area contributed by atoms with Crippen LogP contribution in [0.15, 0.2) is 60.9 Å². The summed E-state index contributed by atoms with van der Waals surface area (Å²) in [6.07, 6.45) is 3.12. The van der Waals surface area contributed by atoms with E-state index in [4.69, 9.17) is 21.1 Å². The molecule has 2 N–H and O–H groups in total. The zero-order valence-electron chi connectivity index (χ0n) is 16.4. The molecule has 2 aromatic heterocycles. The molecule has 4 aromatic rings. The summed E-state index contributed by atoms with van der Waals surface area (Å²) >= 11 is 6.49. The van der Waals surface area contributed by atoms with Crippen molar-refractivity contribution in [2.45, 2.75) is 6.04 Å². The van der Waals surface area contributed by atoms with Crippen molar-refractivity contribution < 1.29 is 19.5 Å². The first kappa shape index (κ1) is 19.8. The summed E-state index contributed by atoms with van der Waals surface area (Å²) in [5, 5.41) is 27.1. The second kappa shape index (κ2) is 7.86. The molecule has 1 aliphatic heterocycles. The van der Waals surface area contributed by atoms with Crippen molar-refractivity contribution >= 4 is 34.0 Å². The number of aromatic hydroxyl groups is 1. The Kier molecular flexibility index (Phi) is 4.87. The molecular formula is C22H15ClN4O5. The Hall–Kier alpha value is -4.11. The number of hydrogen-bond acceptors (Lipinski definition) is 8. The van der Waals surface area contributed by atoms with Crippen LogP contribution in [0.5, 0.6) is 17.2 Å². The molecule has 0 saturated carbocycles. The van der Waals surface area contributed by atoms with Gasteiger partial charge in [-0.2, -0.15) is 0 Å². The fraction of sp³-hybridized carbons (Fsp3) is 0.0909. The molecule has 10 heteroatoms. The molecule has 1 atom stereocenters. The Morgan fingerprint density at radius 3 is 2.59 bits per heavy atom. The molecule has 0 amide bonds. The predicted octanol–water partition coefficient (Wildman–Crippen LogP) is 4.83. The van der Waals surface area contributed by atoms with E-state index in [2.05, 4.69) is 15.3 Å². The number of pyridine rings is 2. The normalized spacial score (nSPS) is 13.2. The lowest BCUT2D eigenvalue weighted by atomic mass is 9.94. The predicted molar refractivity (Wildman–Crippen MR) is 117 cm³/mol. The Morgan fingerprint density at radius 2 is 1.84 bits per heavy atom. The van der Waals surface area contributed by atoms with Crippen LogP contribution in [-0.4, -0.2) is 26.8 Å². The van der Waals surface area contributed by atoms with Crippen LogP contribution in [0.1, 0.15) is 17.2 Å². The lowest BCUT2D eigenvalue weighted by Gasteiger charge is -2.22. The van der Waals surface area contributed by atoms with Gasteiger partial charge in [-0.25, -0.2) is 4.98 Å². The van der Waals surface area contributed by atoms with Crippen molar-refractivity contribution in [2.75, 3.05) is 12.1 Å². The number of phenolic OH excluding ortho intramolecular Hbond substituents is 1. The number of nitrogens with one attached hydrogen (secondary N) is 1. The summed E-state index contributed by atoms with van der Waals surface area (Å²) in [6.45, 7) is -0.0365. The molecule has 5 rings (SSSR count). The van der Waals surface area contributed by atoms with Crippen molar-refractivity contribution in [3.05, 3.63) is 87.2 Å². The van der Waals surface area contributed by atoms with Gasteiger partial charge in [0.2, 0.25) is 6.79 Å². The number of aromatic nitrogens is 2. The fourth-order valence-corrected chi connectivity index (χ4v) is 3.95. The average molecular weight is 451 g/mol. The number of phenols is 1. The third-order valence-electron chi connectivity index (χ3n) is 5.14. The molecule has 0 bridgehead atoms. The maximum Gasteiger partial charge on any atom is 0.279 e. The number of benzene rings is 2. The summed E-state index contributed by atoms with van der Waals surface area (Å²) in [5.74, 6) is 0.939. The summed E-state index contributed by atoms with van der Waals surface area (Å²) in [4.78, 5) is 19.9. The van der Waals surface area contributed by atoms with Crippen molar-refractivity contribution in [3.63, 3.8) is 0 Å². The Balaban J connectivity index is 1.76. The molecule has 160 valence electrons. The van der Waals surface area contributed by atoms with Crippen LogP contribution >= 0.6 is 11.6 Å². The van der Waals surface area contributed by atoms with Crippen LogP contribution in [-0.2, 0) is 0 Å². The van der Waals surface area contributed by atoms with Crippen molar-refractivity contribution in [1.29, 1.82) is 0 Å². The van der Waals surface area contributed by atoms with Gasteiger partial charge in [0.15, 0.2) is 11.5 Å². The highest BCUT2D eigenvalue weighted by Gasteiger charge is 2.31. The molecule has 0 aliphatic carbocycles. The quantitative estimate of drug-likeness (QED) is 0.328. The minimum Gasteiger partial charge on any atom is -0.505 e. The van der Waals surface area contributed by atoms with Gasteiger partial charge < -0.3 is 19.9 Å². The third-order valence-corrected chi connectivity index (χ3v) is 5.46. The highest BCUT2D eigenvalue weighted by molar-refractivity contribution is 6.35. The second-order valence-electron chi connectivity index (χ2n) is 7.01. The summed E-state index contributed by atoms with van der Waals surface area (Å²) in [5.41, 5.74) is 0.617.